The van der Waals surface area contributed by atoms with Crippen LogP contribution in [-0.4, -0.2) is 60.5 Å². The van der Waals surface area contributed by atoms with Crippen molar-refractivity contribution in [3.8, 4) is 0 Å². The molecule has 0 aliphatic carbocycles. The Hall–Kier alpha value is -0.880. The van der Waals surface area contributed by atoms with Gasteiger partial charge in [-0.2, -0.15) is 0 Å². The molecule has 0 fully saturated rings. The average Bonchev–Trinajstić information content (AvgIpc) is 2.96. The van der Waals surface area contributed by atoms with Gasteiger partial charge in [0.2, 0.25) is 10.0 Å². The topological polar surface area (TPSA) is 117 Å². The highest BCUT2D eigenvalue weighted by molar-refractivity contribution is 7.91. The van der Waals surface area contributed by atoms with Crippen LogP contribution in [0.4, 0.5) is 0 Å². The van der Waals surface area contributed by atoms with Crippen LogP contribution in [0.1, 0.15) is 20.3 Å². The van der Waals surface area contributed by atoms with Crippen LogP contribution >= 0.6 is 22.9 Å². The summed E-state index contributed by atoms with van der Waals surface area (Å²) in [4.78, 5) is 4.30. The normalized spacial score (nSPS) is 14.2. The van der Waals surface area contributed by atoms with Gasteiger partial charge in [-0.15, -0.1) is 11.3 Å². The first kappa shape index (κ1) is 23.2. The van der Waals surface area contributed by atoms with Crippen LogP contribution < -0.4 is 15.4 Å². The largest absolute Gasteiger partial charge is 0.357 e. The van der Waals surface area contributed by atoms with Gasteiger partial charge in [0.25, 0.3) is 0 Å². The first-order valence-electron chi connectivity index (χ1n) is 8.01. The lowest BCUT2D eigenvalue weighted by Crippen LogP contribution is -2.43. The number of aliphatic imine (C=N–C) groups is 1. The smallest absolute Gasteiger partial charge is 0.250 e. The van der Waals surface area contributed by atoms with E-state index in [9.17, 15) is 16.8 Å². The zero-order valence-electron chi connectivity index (χ0n) is 15.0. The third-order valence-corrected chi connectivity index (χ3v) is 7.30. The Kier molecular flexibility index (Phi) is 9.31. The molecular weight excluding hydrogens is 420 g/mol. The number of hydrogen-bond acceptors (Lipinski definition) is 6. The standard InChI is InChI=1S/C14H25ClN4O4S3/c1-4-16-14(19-11(2)7-10-25(3,20)21)17-8-9-18-26(22,23)13-6-5-12(15)24-13/h5-6,11,18H,4,7-10H2,1-3H3,(H2,16,17,19). The van der Waals surface area contributed by atoms with Gasteiger partial charge < -0.3 is 10.6 Å². The maximum Gasteiger partial charge on any atom is 0.250 e. The summed E-state index contributed by atoms with van der Waals surface area (Å²) in [7, 11) is -6.60. The number of guanidine groups is 1. The molecule has 0 saturated heterocycles. The van der Waals surface area contributed by atoms with Crippen molar-refractivity contribution in [1.29, 1.82) is 0 Å². The summed E-state index contributed by atoms with van der Waals surface area (Å²) in [6.07, 6.45) is 1.65. The fourth-order valence-corrected chi connectivity index (χ4v) is 5.21. The Balaban J connectivity index is 2.53. The number of sulfonamides is 1. The van der Waals surface area contributed by atoms with E-state index >= 15 is 0 Å². The minimum absolute atomic E-state index is 0.0870. The van der Waals surface area contributed by atoms with E-state index in [1.165, 1.54) is 18.4 Å². The molecule has 1 aromatic heterocycles. The SMILES string of the molecule is CCNC(=NCCNS(=O)(=O)c1ccc(Cl)s1)NC(C)CCS(C)(=O)=O. The number of nitrogens with one attached hydrogen (secondary N) is 3. The first-order chi connectivity index (χ1) is 12.0. The average molecular weight is 445 g/mol. The fourth-order valence-electron chi connectivity index (χ4n) is 1.88. The molecule has 8 nitrogen and oxygen atoms in total. The molecule has 150 valence electrons. The number of nitrogens with zero attached hydrogens (tertiary/aromatic N) is 1. The molecule has 0 aliphatic heterocycles. The molecule has 1 aromatic rings. The quantitative estimate of drug-likeness (QED) is 0.282. The minimum Gasteiger partial charge on any atom is -0.357 e. The van der Waals surface area contributed by atoms with Crippen LogP contribution in [0, 0.1) is 0 Å². The van der Waals surface area contributed by atoms with Crippen LogP contribution in [0.3, 0.4) is 0 Å². The zero-order chi connectivity index (χ0) is 19.8. The summed E-state index contributed by atoms with van der Waals surface area (Å²) in [6, 6.07) is 2.89. The van der Waals surface area contributed by atoms with Crippen LogP contribution in [-0.2, 0) is 19.9 Å². The number of halogens is 1. The van der Waals surface area contributed by atoms with Gasteiger partial charge in [0.15, 0.2) is 5.96 Å². The molecule has 0 radical (unpaired) electrons. The van der Waals surface area contributed by atoms with E-state index in [1.807, 2.05) is 13.8 Å². The molecule has 0 saturated carbocycles. The molecule has 0 bridgehead atoms. The molecule has 0 aromatic carbocycles. The van der Waals surface area contributed by atoms with Crippen molar-refractivity contribution in [2.24, 2.45) is 4.99 Å². The van der Waals surface area contributed by atoms with E-state index in [0.717, 1.165) is 11.3 Å². The van der Waals surface area contributed by atoms with E-state index in [-0.39, 0.29) is 29.1 Å². The Labute approximate surface area is 164 Å². The maximum absolute atomic E-state index is 12.1. The molecule has 0 spiro atoms. The minimum atomic E-state index is -3.59. The molecule has 0 aliphatic rings. The Morgan fingerprint density at radius 2 is 2.00 bits per heavy atom. The van der Waals surface area contributed by atoms with E-state index < -0.39 is 19.9 Å². The molecule has 1 rings (SSSR count). The molecule has 0 amide bonds. The summed E-state index contributed by atoms with van der Waals surface area (Å²) in [5.74, 6) is 0.593. The molecular formula is C14H25ClN4O4S3. The van der Waals surface area contributed by atoms with Crippen molar-refractivity contribution in [3.05, 3.63) is 16.5 Å². The predicted molar refractivity (Wildman–Crippen MR) is 107 cm³/mol. The number of rotatable bonds is 10. The summed E-state index contributed by atoms with van der Waals surface area (Å²) in [5.41, 5.74) is 0. The molecule has 1 unspecified atom stereocenters. The summed E-state index contributed by atoms with van der Waals surface area (Å²) >= 11 is 6.74. The molecule has 12 heteroatoms. The number of sulfone groups is 1. The van der Waals surface area contributed by atoms with E-state index in [4.69, 9.17) is 11.6 Å². The predicted octanol–water partition coefficient (Wildman–Crippen LogP) is 1.06. The fraction of sp³-hybridized carbons (Fsp3) is 0.643. The van der Waals surface area contributed by atoms with Gasteiger partial charge in [0.1, 0.15) is 14.0 Å². The molecule has 1 atom stereocenters. The van der Waals surface area contributed by atoms with Gasteiger partial charge in [-0.1, -0.05) is 11.6 Å². The Morgan fingerprint density at radius 1 is 1.31 bits per heavy atom. The Morgan fingerprint density at radius 3 is 2.54 bits per heavy atom. The summed E-state index contributed by atoms with van der Waals surface area (Å²) in [6.45, 7) is 4.76. The highest BCUT2D eigenvalue weighted by Gasteiger charge is 2.15. The monoisotopic (exact) mass is 444 g/mol. The molecule has 3 N–H and O–H groups in total. The van der Waals surface area contributed by atoms with E-state index in [1.54, 1.807) is 0 Å². The lowest BCUT2D eigenvalue weighted by atomic mass is 10.3. The second-order valence-electron chi connectivity index (χ2n) is 5.68. The van der Waals surface area contributed by atoms with E-state index in [2.05, 4.69) is 20.3 Å². The van der Waals surface area contributed by atoms with Crippen LogP contribution in [0.5, 0.6) is 0 Å². The molecule has 1 heterocycles. The number of thiophene rings is 1. The van der Waals surface area contributed by atoms with Gasteiger partial charge >= 0.3 is 0 Å². The van der Waals surface area contributed by atoms with E-state index in [0.29, 0.717) is 23.3 Å². The van der Waals surface area contributed by atoms with Crippen molar-refractivity contribution in [2.45, 2.75) is 30.5 Å². The second kappa shape index (κ2) is 10.5. The molecule has 26 heavy (non-hydrogen) atoms. The highest BCUT2D eigenvalue weighted by atomic mass is 35.5. The van der Waals surface area contributed by atoms with Gasteiger partial charge in [-0.05, 0) is 32.4 Å². The van der Waals surface area contributed by atoms with Crippen molar-refractivity contribution >= 4 is 48.8 Å². The second-order valence-corrected chi connectivity index (χ2v) is 11.6. The van der Waals surface area contributed by atoms with Crippen molar-refractivity contribution < 1.29 is 16.8 Å². The third kappa shape index (κ3) is 9.17. The summed E-state index contributed by atoms with van der Waals surface area (Å²) < 4.78 is 49.6. The first-order valence-corrected chi connectivity index (χ1v) is 12.7. The maximum atomic E-state index is 12.1. The van der Waals surface area contributed by atoms with Crippen molar-refractivity contribution in [2.75, 3.05) is 31.6 Å². The van der Waals surface area contributed by atoms with Gasteiger partial charge in [0.05, 0.1) is 16.6 Å². The van der Waals surface area contributed by atoms with Crippen LogP contribution in [0.15, 0.2) is 21.3 Å². The van der Waals surface area contributed by atoms with Crippen LogP contribution in [0.2, 0.25) is 4.34 Å². The van der Waals surface area contributed by atoms with Gasteiger partial charge in [-0.3, -0.25) is 4.99 Å². The Bertz CT molecular complexity index is 806. The summed E-state index contributed by atoms with van der Waals surface area (Å²) in [5, 5.41) is 6.15. The zero-order valence-corrected chi connectivity index (χ0v) is 18.2. The third-order valence-electron chi connectivity index (χ3n) is 3.14. The van der Waals surface area contributed by atoms with Gasteiger partial charge in [0, 0.05) is 25.4 Å². The highest BCUT2D eigenvalue weighted by Crippen LogP contribution is 2.25. The lowest BCUT2D eigenvalue weighted by Gasteiger charge is -2.17. The van der Waals surface area contributed by atoms with Crippen molar-refractivity contribution in [1.82, 2.24) is 15.4 Å². The van der Waals surface area contributed by atoms with Crippen molar-refractivity contribution in [3.63, 3.8) is 0 Å². The van der Waals surface area contributed by atoms with Gasteiger partial charge in [-0.25, -0.2) is 21.6 Å². The van der Waals surface area contributed by atoms with Crippen LogP contribution in [0.25, 0.3) is 0 Å². The number of hydrogen-bond donors (Lipinski definition) is 3. The lowest BCUT2D eigenvalue weighted by molar-refractivity contribution is 0.580.